The third-order valence-electron chi connectivity index (χ3n) is 5.47. The number of para-hydroxylation sites is 1. The van der Waals surface area contributed by atoms with Gasteiger partial charge in [0.05, 0.1) is 0 Å². The van der Waals surface area contributed by atoms with Crippen molar-refractivity contribution < 1.29 is 13.2 Å². The summed E-state index contributed by atoms with van der Waals surface area (Å²) in [7, 11) is -3.41. The van der Waals surface area contributed by atoms with Gasteiger partial charge in [0.25, 0.3) is 10.0 Å². The molecule has 6 nitrogen and oxygen atoms in total. The first-order chi connectivity index (χ1) is 14.1. The largest absolute Gasteiger partial charge is 0.356 e. The molecule has 1 aliphatic rings. The van der Waals surface area contributed by atoms with Crippen molar-refractivity contribution in [2.24, 2.45) is 5.92 Å². The Hall–Kier alpha value is -2.16. The van der Waals surface area contributed by atoms with Crippen molar-refractivity contribution in [3.8, 4) is 0 Å². The number of aromatic nitrogens is 1. The van der Waals surface area contributed by atoms with Crippen molar-refractivity contribution >= 4 is 38.2 Å². The number of carbonyl (C=O) groups is 1. The lowest BCUT2D eigenvalue weighted by Crippen LogP contribution is -2.43. The molecule has 0 unspecified atom stereocenters. The highest BCUT2D eigenvalue weighted by atomic mass is 32.2. The summed E-state index contributed by atoms with van der Waals surface area (Å²) in [6.45, 7) is 2.27. The van der Waals surface area contributed by atoms with Crippen LogP contribution in [0.1, 0.15) is 19.3 Å². The fraction of sp³-hybridized carbons (Fsp3) is 0.381. The van der Waals surface area contributed by atoms with Gasteiger partial charge in [-0.25, -0.2) is 8.42 Å². The highest BCUT2D eigenvalue weighted by Gasteiger charge is 2.32. The lowest BCUT2D eigenvalue weighted by atomic mass is 9.97. The molecule has 4 rings (SSSR count). The molecule has 0 radical (unpaired) electrons. The van der Waals surface area contributed by atoms with Crippen LogP contribution in [0.3, 0.4) is 0 Å². The molecule has 0 spiro atoms. The van der Waals surface area contributed by atoms with Gasteiger partial charge in [0.1, 0.15) is 4.21 Å². The molecule has 2 aromatic heterocycles. The summed E-state index contributed by atoms with van der Waals surface area (Å²) >= 11 is 1.23. The number of piperidine rings is 1. The van der Waals surface area contributed by atoms with Crippen molar-refractivity contribution in [1.29, 1.82) is 0 Å². The minimum absolute atomic E-state index is 0.0375. The lowest BCUT2D eigenvalue weighted by molar-refractivity contribution is -0.126. The van der Waals surface area contributed by atoms with Gasteiger partial charge in [-0.15, -0.1) is 11.3 Å². The fourth-order valence-corrected chi connectivity index (χ4v) is 6.45. The zero-order chi connectivity index (χ0) is 20.3. The molecule has 1 amide bonds. The number of nitrogens with zero attached hydrogens (tertiary/aromatic N) is 2. The number of rotatable bonds is 7. The Balaban J connectivity index is 1.22. The number of aryl methyl sites for hydroxylation is 1. The van der Waals surface area contributed by atoms with E-state index in [4.69, 9.17) is 0 Å². The second-order valence-corrected chi connectivity index (χ2v) is 10.4. The normalized spacial score (nSPS) is 16.3. The number of hydrogen-bond acceptors (Lipinski definition) is 4. The molecular formula is C21H25N3O3S2. The van der Waals surface area contributed by atoms with Crippen LogP contribution in [0.25, 0.3) is 10.9 Å². The van der Waals surface area contributed by atoms with E-state index in [0.717, 1.165) is 13.0 Å². The molecule has 0 aliphatic carbocycles. The summed E-state index contributed by atoms with van der Waals surface area (Å²) in [6.07, 6.45) is 4.07. The molecule has 1 aromatic carbocycles. The molecule has 1 fully saturated rings. The van der Waals surface area contributed by atoms with Gasteiger partial charge in [-0.1, -0.05) is 24.3 Å². The maximum atomic E-state index is 12.6. The Morgan fingerprint density at radius 3 is 2.66 bits per heavy atom. The van der Waals surface area contributed by atoms with Crippen LogP contribution in [0.2, 0.25) is 0 Å². The minimum Gasteiger partial charge on any atom is -0.356 e. The zero-order valence-corrected chi connectivity index (χ0v) is 17.8. The van der Waals surface area contributed by atoms with Gasteiger partial charge in [-0.3, -0.25) is 4.79 Å². The van der Waals surface area contributed by atoms with Crippen LogP contribution in [-0.4, -0.2) is 42.8 Å². The average Bonchev–Trinajstić information content (AvgIpc) is 3.42. The zero-order valence-electron chi connectivity index (χ0n) is 16.2. The monoisotopic (exact) mass is 431 g/mol. The predicted molar refractivity (Wildman–Crippen MR) is 115 cm³/mol. The molecule has 0 saturated carbocycles. The summed E-state index contributed by atoms with van der Waals surface area (Å²) in [6, 6.07) is 13.7. The minimum atomic E-state index is -3.41. The average molecular weight is 432 g/mol. The third-order valence-corrected chi connectivity index (χ3v) is 8.74. The maximum Gasteiger partial charge on any atom is 0.252 e. The summed E-state index contributed by atoms with van der Waals surface area (Å²) in [5.41, 5.74) is 1.21. The van der Waals surface area contributed by atoms with Crippen LogP contribution < -0.4 is 5.32 Å². The van der Waals surface area contributed by atoms with E-state index in [1.165, 1.54) is 26.5 Å². The molecule has 3 aromatic rings. The first-order valence-corrected chi connectivity index (χ1v) is 12.2. The van der Waals surface area contributed by atoms with Crippen molar-refractivity contribution in [3.63, 3.8) is 0 Å². The number of nitrogens with one attached hydrogen (secondary N) is 1. The topological polar surface area (TPSA) is 71.4 Å². The third kappa shape index (κ3) is 4.39. The van der Waals surface area contributed by atoms with E-state index in [1.807, 2.05) is 12.1 Å². The molecule has 0 atom stereocenters. The SMILES string of the molecule is O=C(NCCCn1ccc2ccccc21)C1CCN(S(=O)(=O)c2cccs2)CC1. The Morgan fingerprint density at radius 2 is 1.90 bits per heavy atom. The van der Waals surface area contributed by atoms with Crippen molar-refractivity contribution in [2.75, 3.05) is 19.6 Å². The van der Waals surface area contributed by atoms with E-state index < -0.39 is 10.0 Å². The molecule has 154 valence electrons. The number of hydrogen-bond donors (Lipinski definition) is 1. The Kier molecular flexibility index (Phi) is 6.03. The highest BCUT2D eigenvalue weighted by Crippen LogP contribution is 2.26. The van der Waals surface area contributed by atoms with Crippen LogP contribution in [0.15, 0.2) is 58.3 Å². The predicted octanol–water partition coefficient (Wildman–Crippen LogP) is 3.31. The van der Waals surface area contributed by atoms with Gasteiger partial charge < -0.3 is 9.88 Å². The molecule has 1 aliphatic heterocycles. The number of benzene rings is 1. The van der Waals surface area contributed by atoms with E-state index >= 15 is 0 Å². The second-order valence-electron chi connectivity index (χ2n) is 7.32. The van der Waals surface area contributed by atoms with Gasteiger partial charge in [0.2, 0.25) is 5.91 Å². The standard InChI is InChI=1S/C21H25N3O3S2/c25-21(22-11-4-12-23-13-8-17-5-1-2-6-19(17)23)18-9-14-24(15-10-18)29(26,27)20-7-3-16-28-20/h1-3,5-8,13,16,18H,4,9-12,14-15H2,(H,22,25). The Bertz CT molecular complexity index is 1070. The highest BCUT2D eigenvalue weighted by molar-refractivity contribution is 7.91. The second kappa shape index (κ2) is 8.69. The molecule has 3 heterocycles. The summed E-state index contributed by atoms with van der Waals surface area (Å²) in [4.78, 5) is 12.5. The number of fused-ring (bicyclic) bond motifs is 1. The van der Waals surface area contributed by atoms with Crippen molar-refractivity contribution in [2.45, 2.75) is 30.0 Å². The van der Waals surface area contributed by atoms with Crippen LogP contribution in [0.5, 0.6) is 0 Å². The lowest BCUT2D eigenvalue weighted by Gasteiger charge is -2.30. The van der Waals surface area contributed by atoms with Crippen LogP contribution in [-0.2, 0) is 21.4 Å². The van der Waals surface area contributed by atoms with Crippen molar-refractivity contribution in [1.82, 2.24) is 14.2 Å². The number of carbonyl (C=O) groups excluding carboxylic acids is 1. The van der Waals surface area contributed by atoms with E-state index in [0.29, 0.717) is 36.7 Å². The van der Waals surface area contributed by atoms with E-state index in [2.05, 4.69) is 34.3 Å². The Labute approximate surface area is 175 Å². The van der Waals surface area contributed by atoms with Crippen LogP contribution in [0.4, 0.5) is 0 Å². The molecule has 29 heavy (non-hydrogen) atoms. The maximum absolute atomic E-state index is 12.6. The van der Waals surface area contributed by atoms with Crippen LogP contribution >= 0.6 is 11.3 Å². The van der Waals surface area contributed by atoms with Gasteiger partial charge >= 0.3 is 0 Å². The number of sulfonamides is 1. The van der Waals surface area contributed by atoms with E-state index in [1.54, 1.807) is 17.5 Å². The Morgan fingerprint density at radius 1 is 1.10 bits per heavy atom. The number of amides is 1. The number of thiophene rings is 1. The van der Waals surface area contributed by atoms with Crippen molar-refractivity contribution in [3.05, 3.63) is 54.0 Å². The smallest absolute Gasteiger partial charge is 0.252 e. The molecule has 1 N–H and O–H groups in total. The summed E-state index contributed by atoms with van der Waals surface area (Å²) in [5.74, 6) is -0.0762. The van der Waals surface area contributed by atoms with Gasteiger partial charge in [0, 0.05) is 43.8 Å². The first-order valence-electron chi connectivity index (χ1n) is 9.91. The van der Waals surface area contributed by atoms with E-state index in [9.17, 15) is 13.2 Å². The van der Waals surface area contributed by atoms with Gasteiger partial charge in [0.15, 0.2) is 0 Å². The molecular weight excluding hydrogens is 406 g/mol. The quantitative estimate of drug-likeness (QED) is 0.584. The molecule has 8 heteroatoms. The van der Waals surface area contributed by atoms with Gasteiger partial charge in [-0.05, 0) is 48.2 Å². The van der Waals surface area contributed by atoms with Gasteiger partial charge in [-0.2, -0.15) is 4.31 Å². The summed E-state index contributed by atoms with van der Waals surface area (Å²) in [5, 5.41) is 6.02. The summed E-state index contributed by atoms with van der Waals surface area (Å²) < 4.78 is 29.2. The fourth-order valence-electron chi connectivity index (χ4n) is 3.84. The molecule has 1 saturated heterocycles. The van der Waals surface area contributed by atoms with E-state index in [-0.39, 0.29) is 11.8 Å². The van der Waals surface area contributed by atoms with Crippen LogP contribution in [0, 0.1) is 5.92 Å². The first kappa shape index (κ1) is 20.1. The molecule has 0 bridgehead atoms.